The van der Waals surface area contributed by atoms with Gasteiger partial charge in [0.15, 0.2) is 0 Å². The zero-order valence-electron chi connectivity index (χ0n) is 18.8. The van der Waals surface area contributed by atoms with E-state index in [1.165, 1.54) is 0 Å². The number of rotatable bonds is 6. The lowest BCUT2D eigenvalue weighted by Crippen LogP contribution is -2.15. The van der Waals surface area contributed by atoms with Crippen LogP contribution in [0, 0.1) is 6.92 Å². The number of pyridine rings is 1. The van der Waals surface area contributed by atoms with E-state index in [1.54, 1.807) is 22.9 Å². The number of benzene rings is 1. The molecule has 11 nitrogen and oxygen atoms in total. The minimum Gasteiger partial charge on any atom is -0.478 e. The van der Waals surface area contributed by atoms with Crippen LogP contribution in [0.5, 0.6) is 0 Å². The van der Waals surface area contributed by atoms with Crippen LogP contribution in [0.25, 0.3) is 17.0 Å². The highest BCUT2D eigenvalue weighted by Gasteiger charge is 2.43. The van der Waals surface area contributed by atoms with E-state index in [4.69, 9.17) is 14.7 Å². The Bertz CT molecular complexity index is 1460. The molecule has 4 aromatic rings. The van der Waals surface area contributed by atoms with E-state index < -0.39 is 18.1 Å². The highest BCUT2D eigenvalue weighted by atomic mass is 19.1. The van der Waals surface area contributed by atoms with Gasteiger partial charge in [-0.3, -0.25) is 9.20 Å². The lowest BCUT2D eigenvalue weighted by molar-refractivity contribution is -0.134. The second-order valence-electron chi connectivity index (χ2n) is 7.88. The maximum Gasteiger partial charge on any atom is 0.328 e. The summed E-state index contributed by atoms with van der Waals surface area (Å²) in [5.41, 5.74) is 3.34. The number of aromatic nitrogens is 4. The van der Waals surface area contributed by atoms with Gasteiger partial charge < -0.3 is 20.1 Å². The Labute approximate surface area is 202 Å². The number of fused-ring (bicyclic) bond motifs is 1. The molecule has 3 aromatic heterocycles. The monoisotopic (exact) mass is 493 g/mol. The zero-order chi connectivity index (χ0) is 25.8. The Morgan fingerprint density at radius 1 is 1.17 bits per heavy atom. The van der Waals surface area contributed by atoms with E-state index in [9.17, 15) is 18.8 Å². The number of carboxylic acids is 2. The van der Waals surface area contributed by atoms with Gasteiger partial charge in [-0.15, -0.1) is 0 Å². The molecule has 36 heavy (non-hydrogen) atoms. The summed E-state index contributed by atoms with van der Waals surface area (Å²) >= 11 is 0. The average Bonchev–Trinajstić information content (AvgIpc) is 3.24. The van der Waals surface area contributed by atoms with Crippen molar-refractivity contribution in [1.29, 1.82) is 0 Å². The molecule has 0 spiro atoms. The molecule has 12 heteroatoms. The fourth-order valence-electron chi connectivity index (χ4n) is 3.25. The van der Waals surface area contributed by atoms with E-state index in [-0.39, 0.29) is 11.8 Å². The van der Waals surface area contributed by atoms with Crippen LogP contribution in [0.3, 0.4) is 0 Å². The topological polar surface area (TPSA) is 160 Å². The Balaban J connectivity index is 0.000000331. The van der Waals surface area contributed by atoms with Crippen LogP contribution in [0.4, 0.5) is 10.1 Å². The Morgan fingerprint density at radius 3 is 2.56 bits per heavy atom. The second kappa shape index (κ2) is 10.2. The number of aliphatic carboxylic acids is 2. The molecule has 5 rings (SSSR count). The van der Waals surface area contributed by atoms with Crippen molar-refractivity contribution >= 4 is 29.2 Å². The molecule has 1 amide bonds. The molecule has 1 aliphatic rings. The molecule has 1 aliphatic carbocycles. The quantitative estimate of drug-likeness (QED) is 0.342. The van der Waals surface area contributed by atoms with Crippen LogP contribution in [0.1, 0.15) is 34.3 Å². The molecule has 0 saturated heterocycles. The van der Waals surface area contributed by atoms with E-state index >= 15 is 0 Å². The lowest BCUT2D eigenvalue weighted by atomic mass is 10.1. The number of carboxylic acid groups (broad SMARTS) is 2. The van der Waals surface area contributed by atoms with Crippen LogP contribution >= 0.6 is 0 Å². The standard InChI is InChI=1S/C20H16FN5O2.C4H4O4/c1-11-5-6-12(18-24-20(28-25-18)13-9-14(13)21)8-15(11)23-19(27)16-10-22-17-4-2-3-7-26(16)17;5-3(6)1-2-4(7)8/h2-8,10,13-14H,9H2,1H3,(H,23,27);1-2H,(H,5,6)(H,7,8)/b;2-1+/t13-,14-;/m0./s1. The van der Waals surface area contributed by atoms with E-state index in [2.05, 4.69) is 20.4 Å². The normalized spacial score (nSPS) is 16.4. The summed E-state index contributed by atoms with van der Waals surface area (Å²) in [6.45, 7) is 1.90. The molecule has 0 aliphatic heterocycles. The van der Waals surface area contributed by atoms with Crippen LogP contribution in [-0.4, -0.2) is 53.8 Å². The van der Waals surface area contributed by atoms with Crippen molar-refractivity contribution in [2.24, 2.45) is 0 Å². The number of amides is 1. The molecule has 2 atom stereocenters. The SMILES string of the molecule is Cc1ccc(-c2noc([C@H]3C[C@@H]3F)n2)cc1NC(=O)c1cnc2ccccn12.O=C(O)/C=C/C(=O)O. The van der Waals surface area contributed by atoms with E-state index in [0.29, 0.717) is 52.9 Å². The fourth-order valence-corrected chi connectivity index (χ4v) is 3.25. The third kappa shape index (κ3) is 5.60. The number of carbonyl (C=O) groups excluding carboxylic acids is 1. The third-order valence-corrected chi connectivity index (χ3v) is 5.23. The predicted octanol–water partition coefficient (Wildman–Crippen LogP) is 3.48. The van der Waals surface area contributed by atoms with Crippen LogP contribution in [0.2, 0.25) is 0 Å². The fraction of sp³-hybridized carbons (Fsp3) is 0.167. The predicted molar refractivity (Wildman–Crippen MR) is 124 cm³/mol. The average molecular weight is 493 g/mol. The van der Waals surface area contributed by atoms with Gasteiger partial charge in [0, 0.05) is 29.6 Å². The number of anilines is 1. The number of hydrogen-bond acceptors (Lipinski definition) is 7. The molecule has 3 N–H and O–H groups in total. The van der Waals surface area contributed by atoms with Gasteiger partial charge in [0.25, 0.3) is 5.91 Å². The second-order valence-corrected chi connectivity index (χ2v) is 7.88. The van der Waals surface area contributed by atoms with E-state index in [1.807, 2.05) is 37.3 Å². The summed E-state index contributed by atoms with van der Waals surface area (Å²) in [6, 6.07) is 11.0. The molecule has 0 bridgehead atoms. The molecule has 0 unspecified atom stereocenters. The van der Waals surface area contributed by atoms with Gasteiger partial charge in [0.05, 0.1) is 12.1 Å². The summed E-state index contributed by atoms with van der Waals surface area (Å²) in [6.07, 6.45) is 3.97. The van der Waals surface area contributed by atoms with Gasteiger partial charge >= 0.3 is 11.9 Å². The van der Waals surface area contributed by atoms with Gasteiger partial charge in [-0.1, -0.05) is 23.4 Å². The molecule has 184 valence electrons. The largest absolute Gasteiger partial charge is 0.478 e. The minimum absolute atomic E-state index is 0.272. The number of nitrogens with one attached hydrogen (secondary N) is 1. The molecule has 1 aromatic carbocycles. The van der Waals surface area contributed by atoms with Crippen LogP contribution in [0.15, 0.2) is 65.5 Å². The molecule has 3 heterocycles. The Kier molecular flexibility index (Phi) is 6.86. The number of nitrogens with zero attached hydrogens (tertiary/aromatic N) is 4. The smallest absolute Gasteiger partial charge is 0.328 e. The number of halogens is 1. The summed E-state index contributed by atoms with van der Waals surface area (Å²) in [7, 11) is 0. The summed E-state index contributed by atoms with van der Waals surface area (Å²) in [5.74, 6) is -2.38. The Hall–Kier alpha value is -4.87. The molecular formula is C24H20FN5O6. The highest BCUT2D eigenvalue weighted by molar-refractivity contribution is 6.04. The molecule has 1 fully saturated rings. The number of imidazole rings is 1. The number of carbonyl (C=O) groups is 3. The summed E-state index contributed by atoms with van der Waals surface area (Å²) in [4.78, 5) is 40.4. The minimum atomic E-state index is -1.26. The van der Waals surface area contributed by atoms with Crippen molar-refractivity contribution in [1.82, 2.24) is 19.5 Å². The molecular weight excluding hydrogens is 473 g/mol. The van der Waals surface area contributed by atoms with E-state index in [0.717, 1.165) is 5.56 Å². The Morgan fingerprint density at radius 2 is 1.89 bits per heavy atom. The van der Waals surface area contributed by atoms with Crippen molar-refractivity contribution in [2.75, 3.05) is 5.32 Å². The van der Waals surface area contributed by atoms with Crippen molar-refractivity contribution in [3.8, 4) is 11.4 Å². The van der Waals surface area contributed by atoms with Crippen molar-refractivity contribution in [3.63, 3.8) is 0 Å². The molecule has 1 saturated carbocycles. The van der Waals surface area contributed by atoms with Crippen molar-refractivity contribution in [3.05, 3.63) is 78.1 Å². The van der Waals surface area contributed by atoms with Gasteiger partial charge in [0.1, 0.15) is 17.5 Å². The summed E-state index contributed by atoms with van der Waals surface area (Å²) < 4.78 is 20.1. The maximum absolute atomic E-state index is 13.2. The summed E-state index contributed by atoms with van der Waals surface area (Å²) in [5, 5.41) is 22.5. The van der Waals surface area contributed by atoms with Crippen molar-refractivity contribution in [2.45, 2.75) is 25.4 Å². The first kappa shape index (κ1) is 24.3. The zero-order valence-corrected chi connectivity index (χ0v) is 18.8. The van der Waals surface area contributed by atoms with Crippen LogP contribution < -0.4 is 5.32 Å². The lowest BCUT2D eigenvalue weighted by Gasteiger charge is -2.09. The van der Waals surface area contributed by atoms with Gasteiger partial charge in [0.2, 0.25) is 11.7 Å². The first-order chi connectivity index (χ1) is 17.2. The maximum atomic E-state index is 13.2. The first-order valence-electron chi connectivity index (χ1n) is 10.7. The van der Waals surface area contributed by atoms with Gasteiger partial charge in [-0.25, -0.2) is 19.0 Å². The molecule has 0 radical (unpaired) electrons. The number of aryl methyl sites for hydroxylation is 1. The number of hydrogen-bond donors (Lipinski definition) is 3. The first-order valence-corrected chi connectivity index (χ1v) is 10.7. The van der Waals surface area contributed by atoms with Crippen LogP contribution in [-0.2, 0) is 9.59 Å². The number of alkyl halides is 1. The third-order valence-electron chi connectivity index (χ3n) is 5.23. The van der Waals surface area contributed by atoms with Gasteiger partial charge in [-0.2, -0.15) is 4.98 Å². The van der Waals surface area contributed by atoms with Gasteiger partial charge in [-0.05, 0) is 37.1 Å². The van der Waals surface area contributed by atoms with Crippen molar-refractivity contribution < 1.29 is 33.5 Å². The highest BCUT2D eigenvalue weighted by Crippen LogP contribution is 2.43.